The largest absolute Gasteiger partial charge is 0.382 e. The van der Waals surface area contributed by atoms with E-state index in [0.29, 0.717) is 36.4 Å². The zero-order chi connectivity index (χ0) is 12.5. The fourth-order valence-electron chi connectivity index (χ4n) is 1.30. The van der Waals surface area contributed by atoms with Gasteiger partial charge in [-0.1, -0.05) is 29.3 Å². The smallest absolute Gasteiger partial charge is 0.0700 e. The first-order valence-corrected chi connectivity index (χ1v) is 6.21. The van der Waals surface area contributed by atoms with E-state index in [4.69, 9.17) is 32.7 Å². The van der Waals surface area contributed by atoms with Gasteiger partial charge in [0.05, 0.1) is 19.8 Å². The maximum Gasteiger partial charge on any atom is 0.0700 e. The summed E-state index contributed by atoms with van der Waals surface area (Å²) in [4.78, 5) is 0. The summed E-state index contributed by atoms with van der Waals surface area (Å²) in [5.74, 6) is 0. The van der Waals surface area contributed by atoms with Gasteiger partial charge in [0, 0.05) is 35.8 Å². The highest BCUT2D eigenvalue weighted by Gasteiger charge is 2.03. The molecule has 5 heteroatoms. The standard InChI is InChI=1S/C12H17Cl2NO2/c1-16-7-8-17-6-5-15-9-10-11(13)3-2-4-12(10)14/h2-4,15H,5-9H2,1H3. The molecular formula is C12H17Cl2NO2. The van der Waals surface area contributed by atoms with Gasteiger partial charge in [-0.25, -0.2) is 0 Å². The molecule has 0 saturated carbocycles. The molecule has 0 atom stereocenters. The van der Waals surface area contributed by atoms with Crippen LogP contribution in [-0.2, 0) is 16.0 Å². The Balaban J connectivity index is 2.18. The van der Waals surface area contributed by atoms with Gasteiger partial charge in [-0.15, -0.1) is 0 Å². The fourth-order valence-corrected chi connectivity index (χ4v) is 1.83. The third-order valence-electron chi connectivity index (χ3n) is 2.22. The lowest BCUT2D eigenvalue weighted by Gasteiger charge is -2.09. The van der Waals surface area contributed by atoms with Crippen LogP contribution in [0.4, 0.5) is 0 Å². The SMILES string of the molecule is COCCOCCNCc1c(Cl)cccc1Cl. The highest BCUT2D eigenvalue weighted by Crippen LogP contribution is 2.23. The van der Waals surface area contributed by atoms with Crippen LogP contribution in [0.2, 0.25) is 10.0 Å². The highest BCUT2D eigenvalue weighted by atomic mass is 35.5. The summed E-state index contributed by atoms with van der Waals surface area (Å²) < 4.78 is 10.2. The normalized spacial score (nSPS) is 10.8. The van der Waals surface area contributed by atoms with Gasteiger partial charge in [0.25, 0.3) is 0 Å². The lowest BCUT2D eigenvalue weighted by atomic mass is 10.2. The maximum absolute atomic E-state index is 6.04. The molecule has 0 aliphatic rings. The third-order valence-corrected chi connectivity index (χ3v) is 2.93. The molecule has 1 rings (SSSR count). The van der Waals surface area contributed by atoms with E-state index in [1.165, 1.54) is 0 Å². The van der Waals surface area contributed by atoms with Gasteiger partial charge in [0.1, 0.15) is 0 Å². The Morgan fingerprint density at radius 1 is 1.12 bits per heavy atom. The van der Waals surface area contributed by atoms with Gasteiger partial charge in [0.15, 0.2) is 0 Å². The van der Waals surface area contributed by atoms with Crippen molar-refractivity contribution in [3.8, 4) is 0 Å². The highest BCUT2D eigenvalue weighted by molar-refractivity contribution is 6.35. The molecule has 0 aliphatic carbocycles. The van der Waals surface area contributed by atoms with Gasteiger partial charge >= 0.3 is 0 Å². The van der Waals surface area contributed by atoms with Crippen LogP contribution >= 0.6 is 23.2 Å². The van der Waals surface area contributed by atoms with Crippen LogP contribution in [0.25, 0.3) is 0 Å². The number of benzene rings is 1. The molecular weight excluding hydrogens is 261 g/mol. The summed E-state index contributed by atoms with van der Waals surface area (Å²) in [6.45, 7) is 3.28. The number of hydrogen-bond acceptors (Lipinski definition) is 3. The molecule has 0 heterocycles. The average Bonchev–Trinajstić information content (AvgIpc) is 2.31. The second-order valence-electron chi connectivity index (χ2n) is 3.48. The third kappa shape index (κ3) is 5.70. The van der Waals surface area contributed by atoms with E-state index in [2.05, 4.69) is 5.32 Å². The second kappa shape index (κ2) is 8.72. The van der Waals surface area contributed by atoms with Crippen molar-refractivity contribution >= 4 is 23.2 Å². The molecule has 1 aromatic carbocycles. The Morgan fingerprint density at radius 2 is 1.82 bits per heavy atom. The van der Waals surface area contributed by atoms with E-state index in [1.54, 1.807) is 7.11 Å². The minimum atomic E-state index is 0.616. The summed E-state index contributed by atoms with van der Waals surface area (Å²) in [6.07, 6.45) is 0. The summed E-state index contributed by atoms with van der Waals surface area (Å²) in [7, 11) is 1.65. The zero-order valence-electron chi connectivity index (χ0n) is 9.84. The minimum Gasteiger partial charge on any atom is -0.382 e. The van der Waals surface area contributed by atoms with E-state index in [0.717, 1.165) is 12.1 Å². The number of methoxy groups -OCH3 is 1. The lowest BCUT2D eigenvalue weighted by Crippen LogP contribution is -2.20. The molecule has 1 aromatic rings. The van der Waals surface area contributed by atoms with Crippen molar-refractivity contribution < 1.29 is 9.47 Å². The molecule has 0 saturated heterocycles. The molecule has 1 N–H and O–H groups in total. The molecule has 96 valence electrons. The first-order chi connectivity index (χ1) is 8.25. The van der Waals surface area contributed by atoms with Gasteiger partial charge in [-0.2, -0.15) is 0 Å². The minimum absolute atomic E-state index is 0.616. The van der Waals surface area contributed by atoms with Crippen LogP contribution < -0.4 is 5.32 Å². The summed E-state index contributed by atoms with van der Waals surface area (Å²) in [6, 6.07) is 5.50. The van der Waals surface area contributed by atoms with E-state index in [-0.39, 0.29) is 0 Å². The first-order valence-electron chi connectivity index (χ1n) is 5.46. The predicted octanol–water partition coefficient (Wildman–Crippen LogP) is 2.75. The van der Waals surface area contributed by atoms with Crippen LogP contribution in [0.3, 0.4) is 0 Å². The molecule has 0 spiro atoms. The second-order valence-corrected chi connectivity index (χ2v) is 4.30. The van der Waals surface area contributed by atoms with Crippen LogP contribution in [0, 0.1) is 0 Å². The quantitative estimate of drug-likeness (QED) is 0.742. The molecule has 17 heavy (non-hydrogen) atoms. The number of ether oxygens (including phenoxy) is 2. The Kier molecular flexibility index (Phi) is 7.56. The van der Waals surface area contributed by atoms with Crippen molar-refractivity contribution in [3.63, 3.8) is 0 Å². The van der Waals surface area contributed by atoms with Gasteiger partial charge in [-0.05, 0) is 12.1 Å². The molecule has 0 radical (unpaired) electrons. The Morgan fingerprint density at radius 3 is 2.47 bits per heavy atom. The van der Waals surface area contributed by atoms with E-state index < -0.39 is 0 Å². The summed E-state index contributed by atoms with van der Waals surface area (Å²) >= 11 is 12.1. The van der Waals surface area contributed by atoms with Crippen molar-refractivity contribution in [2.45, 2.75) is 6.54 Å². The van der Waals surface area contributed by atoms with Crippen molar-refractivity contribution in [1.29, 1.82) is 0 Å². The van der Waals surface area contributed by atoms with Gasteiger partial charge in [0.2, 0.25) is 0 Å². The molecule has 0 unspecified atom stereocenters. The van der Waals surface area contributed by atoms with Crippen LogP contribution in [0.15, 0.2) is 18.2 Å². The number of halogens is 2. The van der Waals surface area contributed by atoms with Crippen molar-refractivity contribution in [2.24, 2.45) is 0 Å². The average molecular weight is 278 g/mol. The van der Waals surface area contributed by atoms with Crippen molar-refractivity contribution in [3.05, 3.63) is 33.8 Å². The van der Waals surface area contributed by atoms with E-state index in [9.17, 15) is 0 Å². The van der Waals surface area contributed by atoms with Crippen molar-refractivity contribution in [1.82, 2.24) is 5.32 Å². The maximum atomic E-state index is 6.04. The molecule has 0 aliphatic heterocycles. The van der Waals surface area contributed by atoms with E-state index in [1.807, 2.05) is 18.2 Å². The lowest BCUT2D eigenvalue weighted by molar-refractivity contribution is 0.0719. The number of rotatable bonds is 8. The Labute approximate surface area is 112 Å². The molecule has 0 fully saturated rings. The number of nitrogens with one attached hydrogen (secondary N) is 1. The summed E-state index contributed by atoms with van der Waals surface area (Å²) in [5, 5.41) is 4.60. The Hall–Kier alpha value is -0.320. The molecule has 0 amide bonds. The summed E-state index contributed by atoms with van der Waals surface area (Å²) in [5.41, 5.74) is 0.924. The Bertz CT molecular complexity index is 314. The van der Waals surface area contributed by atoms with Crippen LogP contribution in [0.1, 0.15) is 5.56 Å². The number of hydrogen-bond donors (Lipinski definition) is 1. The van der Waals surface area contributed by atoms with E-state index >= 15 is 0 Å². The molecule has 3 nitrogen and oxygen atoms in total. The van der Waals surface area contributed by atoms with Gasteiger partial charge in [-0.3, -0.25) is 0 Å². The van der Waals surface area contributed by atoms with Gasteiger partial charge < -0.3 is 14.8 Å². The van der Waals surface area contributed by atoms with Crippen molar-refractivity contribution in [2.75, 3.05) is 33.5 Å². The predicted molar refractivity (Wildman–Crippen MR) is 70.9 cm³/mol. The topological polar surface area (TPSA) is 30.5 Å². The van der Waals surface area contributed by atoms with Crippen LogP contribution in [-0.4, -0.2) is 33.5 Å². The molecule has 0 aromatic heterocycles. The van der Waals surface area contributed by atoms with Crippen LogP contribution in [0.5, 0.6) is 0 Å². The first kappa shape index (κ1) is 14.7. The fraction of sp³-hybridized carbons (Fsp3) is 0.500. The zero-order valence-corrected chi connectivity index (χ0v) is 11.4. The molecule has 0 bridgehead atoms. The monoisotopic (exact) mass is 277 g/mol.